The first kappa shape index (κ1) is 16.9. The van der Waals surface area contributed by atoms with Crippen LogP contribution in [-0.4, -0.2) is 27.1 Å². The van der Waals surface area contributed by atoms with E-state index in [0.29, 0.717) is 0 Å². The highest BCUT2D eigenvalue weighted by atomic mass is 35.5. The van der Waals surface area contributed by atoms with E-state index in [2.05, 4.69) is 17.9 Å². The van der Waals surface area contributed by atoms with Crippen LogP contribution >= 0.6 is 35.8 Å². The molecule has 1 amide bonds. The maximum Gasteiger partial charge on any atom is 0.413 e. The standard InChI is InChI=1S/C11H12Cl2N2O4S/c1-6(12)9(13)10(20)14-11(16)19-8-4-2-7(3-5-8)15(17)18/h2-6,9-10,20H,1H3,(H,14,16). The van der Waals surface area contributed by atoms with E-state index in [1.165, 1.54) is 24.3 Å². The van der Waals surface area contributed by atoms with Crippen molar-refractivity contribution in [2.45, 2.75) is 23.1 Å². The quantitative estimate of drug-likeness (QED) is 0.284. The molecule has 0 fully saturated rings. The van der Waals surface area contributed by atoms with Crippen LogP contribution in [0.15, 0.2) is 24.3 Å². The van der Waals surface area contributed by atoms with Crippen molar-refractivity contribution < 1.29 is 14.5 Å². The number of rotatable bonds is 5. The lowest BCUT2D eigenvalue weighted by atomic mass is 10.3. The Hall–Kier alpha value is -1.18. The highest BCUT2D eigenvalue weighted by molar-refractivity contribution is 7.81. The number of carbonyl (C=O) groups is 1. The molecule has 0 bridgehead atoms. The van der Waals surface area contributed by atoms with Crippen molar-refractivity contribution in [2.75, 3.05) is 0 Å². The fourth-order valence-electron chi connectivity index (χ4n) is 1.22. The number of nitro groups is 1. The van der Waals surface area contributed by atoms with Crippen LogP contribution < -0.4 is 10.1 Å². The van der Waals surface area contributed by atoms with Crippen molar-refractivity contribution >= 4 is 47.6 Å². The van der Waals surface area contributed by atoms with E-state index < -0.39 is 21.8 Å². The Morgan fingerprint density at radius 3 is 2.40 bits per heavy atom. The number of non-ortho nitro benzene ring substituents is 1. The van der Waals surface area contributed by atoms with Crippen molar-refractivity contribution in [1.82, 2.24) is 5.32 Å². The number of nitrogens with one attached hydrogen (secondary N) is 1. The number of nitro benzene ring substituents is 1. The number of hydrogen-bond acceptors (Lipinski definition) is 5. The molecule has 1 aromatic carbocycles. The Labute approximate surface area is 130 Å². The predicted octanol–water partition coefficient (Wildman–Crippen LogP) is 3.17. The number of ether oxygens (including phenoxy) is 1. The van der Waals surface area contributed by atoms with Crippen molar-refractivity contribution in [3.63, 3.8) is 0 Å². The molecule has 0 saturated carbocycles. The molecule has 0 aliphatic rings. The van der Waals surface area contributed by atoms with E-state index >= 15 is 0 Å². The molecule has 0 saturated heterocycles. The van der Waals surface area contributed by atoms with E-state index in [9.17, 15) is 14.9 Å². The van der Waals surface area contributed by atoms with Gasteiger partial charge in [-0.3, -0.25) is 10.1 Å². The second-order valence-electron chi connectivity index (χ2n) is 3.85. The van der Waals surface area contributed by atoms with Gasteiger partial charge in [-0.15, -0.1) is 23.2 Å². The molecule has 0 aliphatic heterocycles. The lowest BCUT2D eigenvalue weighted by Gasteiger charge is -2.19. The SMILES string of the molecule is CC(Cl)C(Cl)C(S)NC(=O)Oc1ccc([N+](=O)[O-])cc1. The second-order valence-corrected chi connectivity index (χ2v) is 5.60. The molecule has 3 unspecified atom stereocenters. The number of nitrogens with zero attached hydrogens (tertiary/aromatic N) is 1. The van der Waals surface area contributed by atoms with Gasteiger partial charge in [0.1, 0.15) is 5.75 Å². The molecule has 0 heterocycles. The zero-order valence-electron chi connectivity index (χ0n) is 10.3. The lowest BCUT2D eigenvalue weighted by molar-refractivity contribution is -0.384. The molecule has 0 spiro atoms. The monoisotopic (exact) mass is 338 g/mol. The van der Waals surface area contributed by atoms with E-state index in [0.717, 1.165) is 0 Å². The second kappa shape index (κ2) is 7.56. The Balaban J connectivity index is 2.56. The molecule has 110 valence electrons. The van der Waals surface area contributed by atoms with Crippen LogP contribution in [0.4, 0.5) is 10.5 Å². The number of thiol groups is 1. The van der Waals surface area contributed by atoms with Gasteiger partial charge in [0.05, 0.1) is 15.7 Å². The molecule has 0 aromatic heterocycles. The summed E-state index contributed by atoms with van der Waals surface area (Å²) in [5, 5.41) is 11.2. The smallest absolute Gasteiger partial charge is 0.410 e. The normalized spacial score (nSPS) is 15.0. The van der Waals surface area contributed by atoms with Crippen LogP contribution in [0.25, 0.3) is 0 Å². The molecule has 6 nitrogen and oxygen atoms in total. The zero-order chi connectivity index (χ0) is 15.3. The number of alkyl halides is 2. The first-order valence-corrected chi connectivity index (χ1v) is 6.89. The molecule has 0 radical (unpaired) electrons. The minimum Gasteiger partial charge on any atom is -0.410 e. The Bertz CT molecular complexity index is 484. The highest BCUT2D eigenvalue weighted by Crippen LogP contribution is 2.19. The summed E-state index contributed by atoms with van der Waals surface area (Å²) in [7, 11) is 0. The Morgan fingerprint density at radius 1 is 1.40 bits per heavy atom. The minimum atomic E-state index is -0.776. The van der Waals surface area contributed by atoms with E-state index in [4.69, 9.17) is 27.9 Å². The lowest BCUT2D eigenvalue weighted by Crippen LogP contribution is -2.41. The molecule has 20 heavy (non-hydrogen) atoms. The van der Waals surface area contributed by atoms with Gasteiger partial charge >= 0.3 is 6.09 Å². The summed E-state index contributed by atoms with van der Waals surface area (Å²) < 4.78 is 4.93. The molecule has 3 atom stereocenters. The summed E-state index contributed by atoms with van der Waals surface area (Å²) in [5.41, 5.74) is -0.0957. The molecule has 1 aromatic rings. The fraction of sp³-hybridized carbons (Fsp3) is 0.364. The highest BCUT2D eigenvalue weighted by Gasteiger charge is 2.22. The first-order chi connectivity index (χ1) is 9.31. The van der Waals surface area contributed by atoms with Crippen molar-refractivity contribution in [2.24, 2.45) is 0 Å². The van der Waals surface area contributed by atoms with Crippen LogP contribution in [0.2, 0.25) is 0 Å². The van der Waals surface area contributed by atoms with E-state index in [1.807, 2.05) is 0 Å². The Morgan fingerprint density at radius 2 is 1.95 bits per heavy atom. The predicted molar refractivity (Wildman–Crippen MR) is 80.0 cm³/mol. The Kier molecular flexibility index (Phi) is 6.38. The third-order valence-electron chi connectivity index (χ3n) is 2.26. The van der Waals surface area contributed by atoms with Gasteiger partial charge in [0.25, 0.3) is 5.69 Å². The van der Waals surface area contributed by atoms with Gasteiger partial charge in [-0.1, -0.05) is 0 Å². The first-order valence-electron chi connectivity index (χ1n) is 5.50. The van der Waals surface area contributed by atoms with Crippen molar-refractivity contribution in [3.8, 4) is 5.75 Å². The zero-order valence-corrected chi connectivity index (χ0v) is 12.7. The summed E-state index contributed by atoms with van der Waals surface area (Å²) in [4.78, 5) is 21.5. The van der Waals surface area contributed by atoms with Gasteiger partial charge < -0.3 is 10.1 Å². The van der Waals surface area contributed by atoms with Gasteiger partial charge in [0, 0.05) is 17.5 Å². The van der Waals surface area contributed by atoms with Crippen LogP contribution in [0.1, 0.15) is 6.92 Å². The topological polar surface area (TPSA) is 81.5 Å². The molecule has 1 N–H and O–H groups in total. The average Bonchev–Trinajstić information content (AvgIpc) is 2.37. The van der Waals surface area contributed by atoms with Crippen molar-refractivity contribution in [3.05, 3.63) is 34.4 Å². The summed E-state index contributed by atoms with van der Waals surface area (Å²) in [6.45, 7) is 1.67. The number of amides is 1. The number of benzene rings is 1. The molecule has 1 rings (SSSR count). The fourth-order valence-corrected chi connectivity index (χ4v) is 1.90. The van der Waals surface area contributed by atoms with Gasteiger partial charge in [0.2, 0.25) is 0 Å². The summed E-state index contributed by atoms with van der Waals surface area (Å²) in [5.74, 6) is 0.165. The third kappa shape index (κ3) is 5.07. The largest absolute Gasteiger partial charge is 0.413 e. The van der Waals surface area contributed by atoms with Crippen LogP contribution in [-0.2, 0) is 0 Å². The van der Waals surface area contributed by atoms with Gasteiger partial charge in [0.15, 0.2) is 0 Å². The van der Waals surface area contributed by atoms with Gasteiger partial charge in [-0.2, -0.15) is 12.6 Å². The number of halogens is 2. The van der Waals surface area contributed by atoms with Gasteiger partial charge in [-0.05, 0) is 19.1 Å². The van der Waals surface area contributed by atoms with E-state index in [1.54, 1.807) is 6.92 Å². The number of carbonyl (C=O) groups excluding carboxylic acids is 1. The van der Waals surface area contributed by atoms with Gasteiger partial charge in [-0.25, -0.2) is 4.79 Å². The van der Waals surface area contributed by atoms with Crippen LogP contribution in [0.5, 0.6) is 5.75 Å². The summed E-state index contributed by atoms with van der Waals surface area (Å²) in [6.07, 6.45) is -0.776. The molecular formula is C11H12Cl2N2O4S. The molecule has 0 aliphatic carbocycles. The molecular weight excluding hydrogens is 327 g/mol. The third-order valence-corrected chi connectivity index (χ3v) is 3.92. The van der Waals surface area contributed by atoms with E-state index in [-0.39, 0.29) is 16.8 Å². The maximum absolute atomic E-state index is 11.6. The average molecular weight is 339 g/mol. The summed E-state index contributed by atoms with van der Waals surface area (Å²) in [6, 6.07) is 5.08. The van der Waals surface area contributed by atoms with Crippen LogP contribution in [0.3, 0.4) is 0 Å². The minimum absolute atomic E-state index is 0.0957. The number of hydrogen-bond donors (Lipinski definition) is 2. The molecule has 9 heteroatoms. The summed E-state index contributed by atoms with van der Waals surface area (Å²) >= 11 is 15.8. The van der Waals surface area contributed by atoms with Crippen LogP contribution in [0, 0.1) is 10.1 Å². The maximum atomic E-state index is 11.6. The van der Waals surface area contributed by atoms with Crippen molar-refractivity contribution in [1.29, 1.82) is 0 Å².